The summed E-state index contributed by atoms with van der Waals surface area (Å²) in [6, 6.07) is 50.1. The van der Waals surface area contributed by atoms with E-state index >= 15 is 0 Å². The molecule has 202 valence electrons. The third kappa shape index (κ3) is 3.68. The van der Waals surface area contributed by atoms with Gasteiger partial charge >= 0.3 is 0 Å². The van der Waals surface area contributed by atoms with Gasteiger partial charge in [-0.2, -0.15) is 0 Å². The molecule has 0 saturated heterocycles. The average molecular weight is 539 g/mol. The molecule has 1 atom stereocenters. The van der Waals surface area contributed by atoms with Crippen molar-refractivity contribution in [3.05, 3.63) is 167 Å². The first-order chi connectivity index (χ1) is 20.8. The van der Waals surface area contributed by atoms with E-state index in [2.05, 4.69) is 146 Å². The first-order valence-electron chi connectivity index (χ1n) is 15.3. The molecule has 1 unspecified atom stereocenters. The summed E-state index contributed by atoms with van der Waals surface area (Å²) >= 11 is 0. The normalized spacial score (nSPS) is 17.5. The van der Waals surface area contributed by atoms with Gasteiger partial charge in [0.1, 0.15) is 0 Å². The summed E-state index contributed by atoms with van der Waals surface area (Å²) in [6.45, 7) is 2.16. The van der Waals surface area contributed by atoms with Crippen LogP contribution in [0.4, 0.5) is 0 Å². The highest BCUT2D eigenvalue weighted by atomic mass is 14.5. The first kappa shape index (κ1) is 25.1. The zero-order valence-electron chi connectivity index (χ0n) is 24.1. The highest BCUT2D eigenvalue weighted by Crippen LogP contribution is 2.60. The molecule has 0 aromatic heterocycles. The average Bonchev–Trinajstić information content (AvgIpc) is 3.37. The van der Waals surface area contributed by atoms with Gasteiger partial charge in [-0.1, -0.05) is 151 Å². The van der Waals surface area contributed by atoms with Crippen molar-refractivity contribution in [2.75, 3.05) is 0 Å². The van der Waals surface area contributed by atoms with Crippen LogP contribution in [0.5, 0.6) is 0 Å². The largest absolute Gasteiger partial charge is 0.0838 e. The van der Waals surface area contributed by atoms with E-state index in [1.54, 1.807) is 5.57 Å². The summed E-state index contributed by atoms with van der Waals surface area (Å²) in [5.74, 6) is 0. The van der Waals surface area contributed by atoms with E-state index in [9.17, 15) is 0 Å². The molecular weight excluding hydrogens is 504 g/mol. The van der Waals surface area contributed by atoms with Crippen LogP contribution in [-0.2, 0) is 5.41 Å². The van der Waals surface area contributed by atoms with Gasteiger partial charge < -0.3 is 0 Å². The number of fused-ring (bicyclic) bond motifs is 4. The quantitative estimate of drug-likeness (QED) is 0.196. The van der Waals surface area contributed by atoms with E-state index in [4.69, 9.17) is 0 Å². The minimum atomic E-state index is -0.273. The van der Waals surface area contributed by atoms with Crippen molar-refractivity contribution < 1.29 is 0 Å². The molecule has 2 aliphatic carbocycles. The molecule has 0 saturated carbocycles. The molecule has 6 aromatic rings. The van der Waals surface area contributed by atoms with Crippen LogP contribution >= 0.6 is 0 Å². The van der Waals surface area contributed by atoms with Crippen molar-refractivity contribution in [2.24, 2.45) is 0 Å². The van der Waals surface area contributed by atoms with Gasteiger partial charge in [0.05, 0.1) is 5.41 Å². The van der Waals surface area contributed by atoms with Crippen molar-refractivity contribution in [3.8, 4) is 33.4 Å². The first-order valence-corrected chi connectivity index (χ1v) is 15.3. The zero-order valence-corrected chi connectivity index (χ0v) is 24.1. The van der Waals surface area contributed by atoms with E-state index in [0.717, 1.165) is 12.8 Å². The Balaban J connectivity index is 1.49. The second kappa shape index (κ2) is 10.00. The lowest BCUT2D eigenvalue weighted by atomic mass is 9.65. The predicted octanol–water partition coefficient (Wildman–Crippen LogP) is 11.3. The SMILES string of the molecule is Cc1ccc(-c2c(-c3cccc4c3-c3ccccc3C4(C3=CCCCC3)c3ccccc3)ccc3ccccc23)cc1. The molecule has 0 N–H and O–H groups in total. The van der Waals surface area contributed by atoms with Crippen LogP contribution in [0.25, 0.3) is 44.2 Å². The maximum absolute atomic E-state index is 2.56. The van der Waals surface area contributed by atoms with E-state index in [0.29, 0.717) is 0 Å². The standard InChI is InChI=1S/C42H34/c1-29-23-25-31(26-24-29)40-34-18-9-8-13-30(34)27-28-36(40)35-20-12-22-39-41(35)37-19-10-11-21-38(37)42(39,32-14-4-2-5-15-32)33-16-6-3-7-17-33/h2,4-5,8-16,18-28H,3,6-7,17H2,1H3. The highest BCUT2D eigenvalue weighted by molar-refractivity contribution is 6.07. The summed E-state index contributed by atoms with van der Waals surface area (Å²) in [6.07, 6.45) is 7.38. The van der Waals surface area contributed by atoms with Gasteiger partial charge in [0, 0.05) is 0 Å². The number of hydrogen-bond acceptors (Lipinski definition) is 0. The maximum atomic E-state index is 2.56. The van der Waals surface area contributed by atoms with Crippen LogP contribution < -0.4 is 0 Å². The maximum Gasteiger partial charge on any atom is 0.0673 e. The number of allylic oxidation sites excluding steroid dienone is 2. The van der Waals surface area contributed by atoms with Gasteiger partial charge in [-0.25, -0.2) is 0 Å². The van der Waals surface area contributed by atoms with Gasteiger partial charge in [-0.3, -0.25) is 0 Å². The molecule has 42 heavy (non-hydrogen) atoms. The van der Waals surface area contributed by atoms with Crippen LogP contribution in [0.3, 0.4) is 0 Å². The third-order valence-electron chi connectivity index (χ3n) is 9.61. The topological polar surface area (TPSA) is 0 Å². The van der Waals surface area contributed by atoms with E-state index < -0.39 is 0 Å². The fourth-order valence-corrected chi connectivity index (χ4v) is 7.79. The molecule has 0 heteroatoms. The Hall–Kier alpha value is -4.68. The lowest BCUT2D eigenvalue weighted by Gasteiger charge is -2.37. The van der Waals surface area contributed by atoms with Gasteiger partial charge in [-0.15, -0.1) is 0 Å². The van der Waals surface area contributed by atoms with Crippen molar-refractivity contribution >= 4 is 10.8 Å². The van der Waals surface area contributed by atoms with Crippen molar-refractivity contribution in [3.63, 3.8) is 0 Å². The van der Waals surface area contributed by atoms with Gasteiger partial charge in [0.25, 0.3) is 0 Å². The summed E-state index contributed by atoms with van der Waals surface area (Å²) < 4.78 is 0. The summed E-state index contributed by atoms with van der Waals surface area (Å²) in [7, 11) is 0. The number of benzene rings is 6. The van der Waals surface area contributed by atoms with Gasteiger partial charge in [-0.05, 0) is 93.5 Å². The fraction of sp³-hybridized carbons (Fsp3) is 0.143. The van der Waals surface area contributed by atoms with E-state index in [1.807, 2.05) is 0 Å². The minimum Gasteiger partial charge on any atom is -0.0838 e. The third-order valence-corrected chi connectivity index (χ3v) is 9.61. The molecule has 0 amide bonds. The number of aryl methyl sites for hydroxylation is 1. The molecule has 0 nitrogen and oxygen atoms in total. The number of hydrogen-bond donors (Lipinski definition) is 0. The van der Waals surface area contributed by atoms with Crippen molar-refractivity contribution in [1.29, 1.82) is 0 Å². The molecule has 0 fully saturated rings. The Labute approximate surface area is 249 Å². The van der Waals surface area contributed by atoms with Crippen LogP contribution in [-0.4, -0.2) is 0 Å². The Morgan fingerprint density at radius 3 is 2.07 bits per heavy atom. The van der Waals surface area contributed by atoms with E-state index in [-0.39, 0.29) is 5.41 Å². The molecule has 2 aliphatic rings. The summed E-state index contributed by atoms with van der Waals surface area (Å²) in [4.78, 5) is 0. The predicted molar refractivity (Wildman–Crippen MR) is 178 cm³/mol. The molecule has 6 aromatic carbocycles. The molecule has 0 aliphatic heterocycles. The Morgan fingerprint density at radius 2 is 1.24 bits per heavy atom. The van der Waals surface area contributed by atoms with E-state index in [1.165, 1.54) is 79.2 Å². The monoisotopic (exact) mass is 538 g/mol. The van der Waals surface area contributed by atoms with Crippen molar-refractivity contribution in [1.82, 2.24) is 0 Å². The van der Waals surface area contributed by atoms with Gasteiger partial charge in [0.2, 0.25) is 0 Å². The fourth-order valence-electron chi connectivity index (χ4n) is 7.79. The number of rotatable bonds is 4. The highest BCUT2D eigenvalue weighted by Gasteiger charge is 2.48. The molecular formula is C42H34. The lowest BCUT2D eigenvalue weighted by molar-refractivity contribution is 0.612. The smallest absolute Gasteiger partial charge is 0.0673 e. The lowest BCUT2D eigenvalue weighted by Crippen LogP contribution is -2.30. The van der Waals surface area contributed by atoms with Crippen LogP contribution in [0, 0.1) is 6.92 Å². The van der Waals surface area contributed by atoms with Gasteiger partial charge in [0.15, 0.2) is 0 Å². The van der Waals surface area contributed by atoms with Crippen molar-refractivity contribution in [2.45, 2.75) is 38.0 Å². The summed E-state index contributed by atoms with van der Waals surface area (Å²) in [5.41, 5.74) is 14.7. The minimum absolute atomic E-state index is 0.273. The van der Waals surface area contributed by atoms with Crippen LogP contribution in [0.2, 0.25) is 0 Å². The second-order valence-electron chi connectivity index (χ2n) is 11.9. The molecule has 0 spiro atoms. The van der Waals surface area contributed by atoms with Crippen LogP contribution in [0.1, 0.15) is 47.9 Å². The molecule has 0 heterocycles. The summed E-state index contributed by atoms with van der Waals surface area (Å²) in [5, 5.41) is 2.57. The Bertz CT molecular complexity index is 1970. The Morgan fingerprint density at radius 1 is 0.524 bits per heavy atom. The molecule has 8 rings (SSSR count). The second-order valence-corrected chi connectivity index (χ2v) is 11.9. The molecule has 0 radical (unpaired) electrons. The zero-order chi connectivity index (χ0) is 28.1. The van der Waals surface area contributed by atoms with Crippen LogP contribution in [0.15, 0.2) is 145 Å². The molecule has 0 bridgehead atoms. The Kier molecular flexibility index (Phi) is 5.97.